The predicted octanol–water partition coefficient (Wildman–Crippen LogP) is 6.17. The van der Waals surface area contributed by atoms with E-state index in [1.54, 1.807) is 0 Å². The summed E-state index contributed by atoms with van der Waals surface area (Å²) in [4.78, 5) is 0. The number of benzene rings is 2. The first-order chi connectivity index (χ1) is 9.89. The second kappa shape index (κ2) is 6.68. The number of hydrogen-bond acceptors (Lipinski definition) is 2. The van der Waals surface area contributed by atoms with Crippen molar-refractivity contribution in [2.24, 2.45) is 0 Å². The summed E-state index contributed by atoms with van der Waals surface area (Å²) in [6.07, 6.45) is 0. The minimum Gasteiger partial charge on any atom is -0.291 e. The number of hydrogen-bond donors (Lipinski definition) is 0. The van der Waals surface area contributed by atoms with Crippen molar-refractivity contribution in [1.82, 2.24) is 0 Å². The molecule has 0 aliphatic carbocycles. The van der Waals surface area contributed by atoms with Gasteiger partial charge in [-0.2, -0.15) is 0 Å². The van der Waals surface area contributed by atoms with E-state index in [0.717, 1.165) is 11.5 Å². The zero-order valence-corrected chi connectivity index (χ0v) is 14.5. The average Bonchev–Trinajstić information content (AvgIpc) is 2.44. The van der Waals surface area contributed by atoms with Gasteiger partial charge in [-0.05, 0) is 52.0 Å². The van der Waals surface area contributed by atoms with Gasteiger partial charge < -0.3 is 0 Å². The maximum Gasteiger partial charge on any atom is 0.462 e. The predicted molar refractivity (Wildman–Crippen MR) is 91.5 cm³/mol. The Morgan fingerprint density at radius 2 is 1.10 bits per heavy atom. The zero-order valence-electron chi connectivity index (χ0n) is 12.8. The maximum absolute atomic E-state index is 6.69. The van der Waals surface area contributed by atoms with E-state index >= 15 is 0 Å². The Morgan fingerprint density at radius 1 is 0.762 bits per heavy atom. The van der Waals surface area contributed by atoms with E-state index in [4.69, 9.17) is 20.3 Å². The molecule has 0 amide bonds. The van der Waals surface area contributed by atoms with E-state index in [1.807, 2.05) is 76.2 Å². The third-order valence-corrected chi connectivity index (χ3v) is 6.86. The van der Waals surface area contributed by atoms with Crippen LogP contribution in [0.5, 0.6) is 11.5 Å². The van der Waals surface area contributed by atoms with E-state index in [-0.39, 0.29) is 5.66 Å². The topological polar surface area (TPSA) is 18.5 Å². The highest BCUT2D eigenvalue weighted by molar-refractivity contribution is 7.92. The largest absolute Gasteiger partial charge is 0.462 e. The molecule has 21 heavy (non-hydrogen) atoms. The molecule has 2 nitrogen and oxygen atoms in total. The Morgan fingerprint density at radius 3 is 1.38 bits per heavy atom. The van der Waals surface area contributed by atoms with Gasteiger partial charge in [-0.25, -0.2) is 0 Å². The molecule has 0 spiro atoms. The van der Waals surface area contributed by atoms with Gasteiger partial charge in [0.1, 0.15) is 0 Å². The molecule has 0 aliphatic rings. The highest BCUT2D eigenvalue weighted by Gasteiger charge is 2.48. The molecule has 112 valence electrons. The van der Waals surface area contributed by atoms with Crippen LogP contribution in [0.15, 0.2) is 48.5 Å². The van der Waals surface area contributed by atoms with Gasteiger partial charge in [0.15, 0.2) is 28.4 Å². The van der Waals surface area contributed by atoms with Gasteiger partial charge in [-0.3, -0.25) is 9.05 Å². The van der Waals surface area contributed by atoms with Crippen LogP contribution >= 0.6 is 18.3 Å². The molecule has 0 atom stereocenters. The molecule has 0 heterocycles. The fraction of sp³-hybridized carbons (Fsp3) is 0.294. The van der Waals surface area contributed by atoms with Crippen LogP contribution in [0.2, 0.25) is 0 Å². The molecule has 2 rings (SSSR count). The molecule has 2 aromatic rings. The van der Waals surface area contributed by atoms with Crippen molar-refractivity contribution in [3.05, 3.63) is 59.7 Å². The first kappa shape index (κ1) is 16.1. The lowest BCUT2D eigenvalue weighted by molar-refractivity contribution is 0.470. The number of rotatable bonds is 5. The summed E-state index contributed by atoms with van der Waals surface area (Å²) in [7, 11) is -2.54. The number of halogens is 1. The minimum absolute atomic E-state index is 0.0850. The summed E-state index contributed by atoms with van der Waals surface area (Å²) in [6.45, 7) is 8.11. The fourth-order valence-electron chi connectivity index (χ4n) is 1.72. The monoisotopic (exact) mass is 323 g/mol. The van der Waals surface area contributed by atoms with Crippen LogP contribution in [0.4, 0.5) is 0 Å². The van der Waals surface area contributed by atoms with Crippen molar-refractivity contribution >= 4 is 18.3 Å². The van der Waals surface area contributed by atoms with Crippen molar-refractivity contribution < 1.29 is 9.05 Å². The first-order valence-electron chi connectivity index (χ1n) is 7.00. The maximum atomic E-state index is 6.69. The summed E-state index contributed by atoms with van der Waals surface area (Å²) in [5.41, 5.74) is 2.46. The van der Waals surface area contributed by atoms with Crippen molar-refractivity contribution in [3.8, 4) is 11.5 Å². The molecule has 0 aromatic heterocycles. The van der Waals surface area contributed by atoms with Crippen LogP contribution in [0, 0.1) is 13.8 Å². The molecule has 0 unspecified atom stereocenters. The summed E-state index contributed by atoms with van der Waals surface area (Å²) >= 11 is 6.69. The van der Waals surface area contributed by atoms with Crippen LogP contribution in [0.1, 0.15) is 25.0 Å². The van der Waals surface area contributed by atoms with Crippen molar-refractivity contribution in [2.75, 3.05) is 0 Å². The smallest absolute Gasteiger partial charge is 0.291 e. The van der Waals surface area contributed by atoms with E-state index < -0.39 is 7.07 Å². The summed E-state index contributed by atoms with van der Waals surface area (Å²) in [5.74, 6) is 1.48. The van der Waals surface area contributed by atoms with Crippen LogP contribution in [0.25, 0.3) is 0 Å². The van der Waals surface area contributed by atoms with E-state index in [9.17, 15) is 0 Å². The van der Waals surface area contributed by atoms with Crippen LogP contribution in [0.3, 0.4) is 0 Å². The molecule has 0 aliphatic heterocycles. The van der Waals surface area contributed by atoms with Gasteiger partial charge in [0.2, 0.25) is 0 Å². The standard InChI is InChI=1S/C17H21ClO2P/c1-13(2)21(18,19-16-9-5-14(3)6-10-16)20-17-11-7-15(4)8-12-17/h5-13H,1-4H3/q+1. The third-order valence-electron chi connectivity index (χ3n) is 3.12. The van der Waals surface area contributed by atoms with E-state index in [1.165, 1.54) is 11.1 Å². The molecule has 0 N–H and O–H groups in total. The average molecular weight is 324 g/mol. The van der Waals surface area contributed by atoms with E-state index in [0.29, 0.717) is 0 Å². The second-order valence-corrected chi connectivity index (χ2v) is 9.28. The summed E-state index contributed by atoms with van der Waals surface area (Å²) < 4.78 is 12.0. The second-order valence-electron chi connectivity index (χ2n) is 5.42. The van der Waals surface area contributed by atoms with Crippen LogP contribution in [-0.4, -0.2) is 5.66 Å². The molecule has 4 heteroatoms. The summed E-state index contributed by atoms with van der Waals surface area (Å²) in [6, 6.07) is 15.7. The highest BCUT2D eigenvalue weighted by atomic mass is 35.7. The fourth-order valence-corrected chi connectivity index (χ4v) is 3.47. The Hall–Kier alpha value is -1.24. The minimum atomic E-state index is -2.54. The molecular formula is C17H21ClO2P+. The molecule has 0 bridgehead atoms. The number of aryl methyl sites for hydroxylation is 2. The highest BCUT2D eigenvalue weighted by Crippen LogP contribution is 2.68. The lowest BCUT2D eigenvalue weighted by atomic mass is 10.2. The first-order valence-corrected chi connectivity index (χ1v) is 9.60. The Bertz CT molecular complexity index is 531. The van der Waals surface area contributed by atoms with Gasteiger partial charge in [0.25, 0.3) is 0 Å². The molecule has 2 aromatic carbocycles. The lowest BCUT2D eigenvalue weighted by Crippen LogP contribution is -2.13. The molecule has 0 saturated carbocycles. The third kappa shape index (κ3) is 4.36. The quantitative estimate of drug-likeness (QED) is 0.612. The molecule has 0 fully saturated rings. The van der Waals surface area contributed by atoms with Gasteiger partial charge in [-0.1, -0.05) is 35.4 Å². The Kier molecular flexibility index (Phi) is 5.13. The lowest BCUT2D eigenvalue weighted by Gasteiger charge is -2.20. The van der Waals surface area contributed by atoms with Crippen LogP contribution < -0.4 is 9.05 Å². The Balaban J connectivity index is 2.19. The van der Waals surface area contributed by atoms with Crippen molar-refractivity contribution in [3.63, 3.8) is 0 Å². The van der Waals surface area contributed by atoms with Gasteiger partial charge in [-0.15, -0.1) is 0 Å². The normalized spacial score (nSPS) is 11.5. The van der Waals surface area contributed by atoms with Crippen molar-refractivity contribution in [2.45, 2.75) is 33.4 Å². The van der Waals surface area contributed by atoms with Crippen molar-refractivity contribution in [1.29, 1.82) is 0 Å². The molecule has 0 saturated heterocycles. The van der Waals surface area contributed by atoms with Crippen LogP contribution in [-0.2, 0) is 0 Å². The SMILES string of the molecule is Cc1ccc(O[P+](Cl)(Oc2ccc(C)cc2)C(C)C)cc1. The molecular weight excluding hydrogens is 303 g/mol. The molecule has 0 radical (unpaired) electrons. The summed E-state index contributed by atoms with van der Waals surface area (Å²) in [5, 5.41) is 0. The Labute approximate surface area is 132 Å². The van der Waals surface area contributed by atoms with Gasteiger partial charge in [0, 0.05) is 0 Å². The van der Waals surface area contributed by atoms with Gasteiger partial charge in [0.05, 0.1) is 0 Å². The van der Waals surface area contributed by atoms with Gasteiger partial charge >= 0.3 is 7.07 Å². The zero-order chi connectivity index (χ0) is 15.5. The van der Waals surface area contributed by atoms with E-state index in [2.05, 4.69) is 0 Å².